The molecule has 0 amide bonds. The Bertz CT molecular complexity index is 405. The highest BCUT2D eigenvalue weighted by atomic mass is 16.5. The third kappa shape index (κ3) is 2.68. The molecule has 3 nitrogen and oxygen atoms in total. The van der Waals surface area contributed by atoms with E-state index in [0.717, 1.165) is 19.6 Å². The van der Waals surface area contributed by atoms with Gasteiger partial charge in [-0.1, -0.05) is 24.6 Å². The van der Waals surface area contributed by atoms with Crippen molar-refractivity contribution < 1.29 is 4.74 Å². The van der Waals surface area contributed by atoms with Gasteiger partial charge in [0.2, 0.25) is 0 Å². The summed E-state index contributed by atoms with van der Waals surface area (Å²) < 4.78 is 5.76. The third-order valence-electron chi connectivity index (χ3n) is 3.70. The van der Waals surface area contributed by atoms with Crippen molar-refractivity contribution >= 4 is 5.69 Å². The van der Waals surface area contributed by atoms with Gasteiger partial charge in [-0.25, -0.2) is 0 Å². The van der Waals surface area contributed by atoms with E-state index in [9.17, 15) is 0 Å². The Morgan fingerprint density at radius 3 is 2.89 bits per heavy atom. The van der Waals surface area contributed by atoms with Crippen LogP contribution in [0.15, 0.2) is 18.2 Å². The van der Waals surface area contributed by atoms with Gasteiger partial charge < -0.3 is 15.4 Å². The molecule has 2 atom stereocenters. The van der Waals surface area contributed by atoms with E-state index in [4.69, 9.17) is 10.5 Å². The number of hydrogen-bond donors (Lipinski definition) is 1. The van der Waals surface area contributed by atoms with Gasteiger partial charge in [0.1, 0.15) is 0 Å². The highest BCUT2D eigenvalue weighted by Crippen LogP contribution is 2.27. The van der Waals surface area contributed by atoms with Crippen LogP contribution < -0.4 is 10.6 Å². The molecule has 0 radical (unpaired) electrons. The number of nitrogens with two attached hydrogens (primary N) is 1. The summed E-state index contributed by atoms with van der Waals surface area (Å²) in [6.45, 7) is 8.83. The van der Waals surface area contributed by atoms with Gasteiger partial charge in [0.25, 0.3) is 0 Å². The fourth-order valence-electron chi connectivity index (χ4n) is 2.64. The normalized spacial score (nSPS) is 24.3. The molecule has 18 heavy (non-hydrogen) atoms. The molecular formula is C15H24N2O. The molecule has 0 saturated carbocycles. The number of rotatable bonds is 3. The van der Waals surface area contributed by atoms with Crippen molar-refractivity contribution in [2.45, 2.75) is 45.9 Å². The molecule has 100 valence electrons. The fourth-order valence-corrected chi connectivity index (χ4v) is 2.64. The number of aryl methyl sites for hydroxylation is 1. The summed E-state index contributed by atoms with van der Waals surface area (Å²) in [5.41, 5.74) is 9.68. The quantitative estimate of drug-likeness (QED) is 0.893. The van der Waals surface area contributed by atoms with Crippen LogP contribution in [-0.2, 0) is 11.3 Å². The van der Waals surface area contributed by atoms with Gasteiger partial charge in [-0.15, -0.1) is 0 Å². The van der Waals surface area contributed by atoms with Crippen molar-refractivity contribution in [3.8, 4) is 0 Å². The topological polar surface area (TPSA) is 38.5 Å². The summed E-state index contributed by atoms with van der Waals surface area (Å²) in [7, 11) is 0. The van der Waals surface area contributed by atoms with Crippen LogP contribution >= 0.6 is 0 Å². The molecule has 0 aliphatic carbocycles. The van der Waals surface area contributed by atoms with Crippen molar-refractivity contribution in [2.75, 3.05) is 18.1 Å². The number of benzene rings is 1. The second-order valence-corrected chi connectivity index (χ2v) is 5.19. The number of hydrogen-bond acceptors (Lipinski definition) is 3. The molecule has 1 fully saturated rings. The van der Waals surface area contributed by atoms with Crippen LogP contribution in [-0.4, -0.2) is 25.3 Å². The zero-order chi connectivity index (χ0) is 13.1. The Labute approximate surface area is 110 Å². The van der Waals surface area contributed by atoms with Gasteiger partial charge in [0.15, 0.2) is 0 Å². The van der Waals surface area contributed by atoms with E-state index in [0.29, 0.717) is 18.7 Å². The SMILES string of the molecule is CCC1COC(C)CN1c1ccc(C)cc1CN. The van der Waals surface area contributed by atoms with Crippen LogP contribution in [0, 0.1) is 6.92 Å². The highest BCUT2D eigenvalue weighted by Gasteiger charge is 2.26. The van der Waals surface area contributed by atoms with E-state index in [1.54, 1.807) is 0 Å². The Balaban J connectivity index is 2.32. The molecule has 0 aromatic heterocycles. The molecule has 1 aromatic carbocycles. The second-order valence-electron chi connectivity index (χ2n) is 5.19. The van der Waals surface area contributed by atoms with Gasteiger partial charge in [0.05, 0.1) is 18.8 Å². The van der Waals surface area contributed by atoms with Gasteiger partial charge in [-0.3, -0.25) is 0 Å². The standard InChI is InChI=1S/C15H24N2O/c1-4-14-10-18-12(3)9-17(14)15-6-5-11(2)7-13(15)8-16/h5-7,12,14H,4,8-10,16H2,1-3H3. The minimum absolute atomic E-state index is 0.291. The maximum Gasteiger partial charge on any atom is 0.0723 e. The van der Waals surface area contributed by atoms with Gasteiger partial charge in [0, 0.05) is 18.8 Å². The molecule has 2 rings (SSSR count). The Kier molecular flexibility index (Phi) is 4.25. The van der Waals surface area contributed by atoms with Crippen LogP contribution in [0.2, 0.25) is 0 Å². The predicted octanol–water partition coefficient (Wildman–Crippen LogP) is 2.46. The first-order valence-corrected chi connectivity index (χ1v) is 6.83. The summed E-state index contributed by atoms with van der Waals surface area (Å²) in [6.07, 6.45) is 1.39. The molecule has 1 aliphatic heterocycles. The summed E-state index contributed by atoms with van der Waals surface area (Å²) >= 11 is 0. The van der Waals surface area contributed by atoms with Crippen molar-refractivity contribution in [3.63, 3.8) is 0 Å². The fraction of sp³-hybridized carbons (Fsp3) is 0.600. The van der Waals surface area contributed by atoms with Crippen LogP contribution in [0.5, 0.6) is 0 Å². The maximum absolute atomic E-state index is 5.89. The molecule has 0 bridgehead atoms. The zero-order valence-electron chi connectivity index (χ0n) is 11.6. The van der Waals surface area contributed by atoms with Crippen molar-refractivity contribution in [2.24, 2.45) is 5.73 Å². The lowest BCUT2D eigenvalue weighted by atomic mass is 10.0. The monoisotopic (exact) mass is 248 g/mol. The first-order valence-electron chi connectivity index (χ1n) is 6.83. The van der Waals surface area contributed by atoms with Crippen molar-refractivity contribution in [1.29, 1.82) is 0 Å². The molecule has 1 aliphatic rings. The molecule has 2 unspecified atom stereocenters. The minimum Gasteiger partial charge on any atom is -0.375 e. The summed E-state index contributed by atoms with van der Waals surface area (Å²) in [5, 5.41) is 0. The predicted molar refractivity (Wildman–Crippen MR) is 75.9 cm³/mol. The van der Waals surface area contributed by atoms with E-state index < -0.39 is 0 Å². The van der Waals surface area contributed by atoms with Gasteiger partial charge >= 0.3 is 0 Å². The Morgan fingerprint density at radius 2 is 2.22 bits per heavy atom. The number of anilines is 1. The van der Waals surface area contributed by atoms with Gasteiger partial charge in [-0.2, -0.15) is 0 Å². The van der Waals surface area contributed by atoms with E-state index in [1.807, 2.05) is 0 Å². The van der Waals surface area contributed by atoms with Crippen LogP contribution in [0.3, 0.4) is 0 Å². The number of morpholine rings is 1. The highest BCUT2D eigenvalue weighted by molar-refractivity contribution is 5.56. The third-order valence-corrected chi connectivity index (χ3v) is 3.70. The molecular weight excluding hydrogens is 224 g/mol. The summed E-state index contributed by atoms with van der Waals surface area (Å²) in [6, 6.07) is 7.04. The summed E-state index contributed by atoms with van der Waals surface area (Å²) in [5.74, 6) is 0. The van der Waals surface area contributed by atoms with Crippen molar-refractivity contribution in [3.05, 3.63) is 29.3 Å². The first-order chi connectivity index (χ1) is 8.65. The average molecular weight is 248 g/mol. The van der Waals surface area contributed by atoms with E-state index in [1.165, 1.54) is 16.8 Å². The molecule has 1 saturated heterocycles. The van der Waals surface area contributed by atoms with Gasteiger partial charge in [-0.05, 0) is 31.9 Å². The lowest BCUT2D eigenvalue weighted by Crippen LogP contribution is -2.49. The molecule has 1 aromatic rings. The Morgan fingerprint density at radius 1 is 1.44 bits per heavy atom. The maximum atomic E-state index is 5.89. The lowest BCUT2D eigenvalue weighted by molar-refractivity contribution is 0.0299. The van der Waals surface area contributed by atoms with E-state index in [2.05, 4.69) is 43.9 Å². The van der Waals surface area contributed by atoms with Crippen LogP contribution in [0.25, 0.3) is 0 Å². The largest absolute Gasteiger partial charge is 0.375 e. The van der Waals surface area contributed by atoms with E-state index >= 15 is 0 Å². The van der Waals surface area contributed by atoms with Crippen molar-refractivity contribution in [1.82, 2.24) is 0 Å². The number of nitrogens with zero attached hydrogens (tertiary/aromatic N) is 1. The second kappa shape index (κ2) is 5.72. The summed E-state index contributed by atoms with van der Waals surface area (Å²) in [4.78, 5) is 2.47. The smallest absolute Gasteiger partial charge is 0.0723 e. The molecule has 0 spiro atoms. The molecule has 3 heteroatoms. The zero-order valence-corrected chi connectivity index (χ0v) is 11.6. The number of ether oxygens (including phenoxy) is 1. The first kappa shape index (κ1) is 13.4. The molecule has 2 N–H and O–H groups in total. The average Bonchev–Trinajstić information content (AvgIpc) is 2.38. The minimum atomic E-state index is 0.291. The van der Waals surface area contributed by atoms with E-state index in [-0.39, 0.29) is 0 Å². The Hall–Kier alpha value is -1.06. The van der Waals surface area contributed by atoms with Crippen LogP contribution in [0.4, 0.5) is 5.69 Å². The van der Waals surface area contributed by atoms with Crippen LogP contribution in [0.1, 0.15) is 31.4 Å². The molecule has 1 heterocycles. The lowest BCUT2D eigenvalue weighted by Gasteiger charge is -2.41.